The number of amides is 1. The van der Waals surface area contributed by atoms with E-state index in [1.54, 1.807) is 10.9 Å². The highest BCUT2D eigenvalue weighted by atomic mass is 16.2. The summed E-state index contributed by atoms with van der Waals surface area (Å²) >= 11 is 0. The lowest BCUT2D eigenvalue weighted by Gasteiger charge is -2.12. The summed E-state index contributed by atoms with van der Waals surface area (Å²) in [4.78, 5) is 21.8. The predicted octanol–water partition coefficient (Wildman–Crippen LogP) is 3.68. The molecule has 0 saturated carbocycles. The fourth-order valence-corrected chi connectivity index (χ4v) is 3.67. The predicted molar refractivity (Wildman–Crippen MR) is 104 cm³/mol. The van der Waals surface area contributed by atoms with Gasteiger partial charge in [-0.25, -0.2) is 9.97 Å². The molecule has 0 unspecified atom stereocenters. The van der Waals surface area contributed by atoms with Crippen molar-refractivity contribution in [3.63, 3.8) is 0 Å². The molecule has 2 aromatic heterocycles. The Bertz CT molecular complexity index is 1010. The van der Waals surface area contributed by atoms with E-state index in [-0.39, 0.29) is 17.7 Å². The van der Waals surface area contributed by atoms with E-state index >= 15 is 0 Å². The fourth-order valence-electron chi connectivity index (χ4n) is 3.67. The number of anilines is 1. The van der Waals surface area contributed by atoms with Crippen molar-refractivity contribution < 1.29 is 4.79 Å². The van der Waals surface area contributed by atoms with Gasteiger partial charge in [-0.15, -0.1) is 5.10 Å². The summed E-state index contributed by atoms with van der Waals surface area (Å²) in [5, 5.41) is 7.68. The quantitative estimate of drug-likeness (QED) is 0.769. The van der Waals surface area contributed by atoms with Crippen LogP contribution in [0, 0.1) is 13.8 Å². The molecule has 6 nitrogen and oxygen atoms in total. The Balaban J connectivity index is 1.77. The van der Waals surface area contributed by atoms with Crippen molar-refractivity contribution in [1.29, 1.82) is 0 Å². The summed E-state index contributed by atoms with van der Waals surface area (Å²) in [5.74, 6) is 2.17. The zero-order valence-corrected chi connectivity index (χ0v) is 16.0. The van der Waals surface area contributed by atoms with Crippen LogP contribution in [0.5, 0.6) is 0 Å². The van der Waals surface area contributed by atoms with Crippen LogP contribution in [0.3, 0.4) is 0 Å². The first-order valence-electron chi connectivity index (χ1n) is 9.23. The molecule has 6 heteroatoms. The van der Waals surface area contributed by atoms with Gasteiger partial charge >= 0.3 is 0 Å². The number of pyridine rings is 1. The third-order valence-electron chi connectivity index (χ3n) is 4.91. The molecule has 27 heavy (non-hydrogen) atoms. The first-order chi connectivity index (χ1) is 12.9. The molecule has 3 aromatic rings. The molecule has 0 spiro atoms. The molecule has 0 aliphatic carbocycles. The number of rotatable bonds is 4. The highest BCUT2D eigenvalue weighted by Gasteiger charge is 2.34. The van der Waals surface area contributed by atoms with E-state index in [2.05, 4.69) is 42.2 Å². The number of aromatic nitrogens is 4. The molecule has 4 rings (SSSR count). The largest absolute Gasteiger partial charge is 0.325 e. The minimum absolute atomic E-state index is 0.0142. The molecule has 1 aliphatic rings. The molecule has 0 fully saturated rings. The normalized spacial score (nSPS) is 15.9. The molecule has 1 aliphatic heterocycles. The second kappa shape index (κ2) is 6.61. The Morgan fingerprint density at radius 1 is 1.22 bits per heavy atom. The molecule has 1 N–H and O–H groups in total. The SMILES string of the molecule is Cc1cc(C)c2c(c1)NC(=O)[C@H]2Cc1nc(C(C)C)nn1-c1ccccn1. The average molecular weight is 361 g/mol. The molecular weight excluding hydrogens is 338 g/mol. The number of carbonyl (C=O) groups excluding carboxylic acids is 1. The van der Waals surface area contributed by atoms with Gasteiger partial charge in [0, 0.05) is 24.2 Å². The maximum atomic E-state index is 12.7. The molecule has 1 aromatic carbocycles. The zero-order chi connectivity index (χ0) is 19.1. The van der Waals surface area contributed by atoms with Gasteiger partial charge in [-0.3, -0.25) is 4.79 Å². The third kappa shape index (κ3) is 3.12. The van der Waals surface area contributed by atoms with Crippen LogP contribution in [-0.4, -0.2) is 25.7 Å². The van der Waals surface area contributed by atoms with Crippen LogP contribution in [0.1, 0.15) is 54.0 Å². The van der Waals surface area contributed by atoms with Gasteiger partial charge < -0.3 is 5.32 Å². The summed E-state index contributed by atoms with van der Waals surface area (Å²) in [5.41, 5.74) is 4.25. The van der Waals surface area contributed by atoms with Crippen molar-refractivity contribution in [2.24, 2.45) is 0 Å². The van der Waals surface area contributed by atoms with E-state index in [0.29, 0.717) is 12.2 Å². The van der Waals surface area contributed by atoms with Crippen molar-refractivity contribution in [2.75, 3.05) is 5.32 Å². The Labute approximate surface area is 158 Å². The number of hydrogen-bond donors (Lipinski definition) is 1. The molecule has 1 atom stereocenters. The summed E-state index contributed by atoms with van der Waals surface area (Å²) in [7, 11) is 0. The van der Waals surface area contributed by atoms with E-state index in [0.717, 1.165) is 34.0 Å². The summed E-state index contributed by atoms with van der Waals surface area (Å²) in [6.07, 6.45) is 2.22. The average Bonchev–Trinajstić information content (AvgIpc) is 3.18. The van der Waals surface area contributed by atoms with E-state index in [4.69, 9.17) is 4.98 Å². The van der Waals surface area contributed by atoms with Crippen molar-refractivity contribution in [3.8, 4) is 5.82 Å². The molecule has 0 bridgehead atoms. The number of hydrogen-bond acceptors (Lipinski definition) is 4. The van der Waals surface area contributed by atoms with E-state index in [9.17, 15) is 4.79 Å². The summed E-state index contributed by atoms with van der Waals surface area (Å²) in [6, 6.07) is 9.85. The fraction of sp³-hybridized carbons (Fsp3) is 0.333. The van der Waals surface area contributed by atoms with Crippen LogP contribution in [0.15, 0.2) is 36.5 Å². The maximum Gasteiger partial charge on any atom is 0.232 e. The zero-order valence-electron chi connectivity index (χ0n) is 16.0. The van der Waals surface area contributed by atoms with Crippen LogP contribution in [0.4, 0.5) is 5.69 Å². The Morgan fingerprint density at radius 3 is 2.74 bits per heavy atom. The van der Waals surface area contributed by atoms with Gasteiger partial charge in [0.1, 0.15) is 5.82 Å². The lowest BCUT2D eigenvalue weighted by atomic mass is 9.92. The molecule has 3 heterocycles. The van der Waals surface area contributed by atoms with Crippen molar-refractivity contribution in [1.82, 2.24) is 19.7 Å². The molecule has 138 valence electrons. The van der Waals surface area contributed by atoms with E-state index < -0.39 is 0 Å². The number of fused-ring (bicyclic) bond motifs is 1. The molecule has 0 saturated heterocycles. The Hall–Kier alpha value is -3.02. The van der Waals surface area contributed by atoms with Gasteiger partial charge in [0.25, 0.3) is 0 Å². The maximum absolute atomic E-state index is 12.7. The topological polar surface area (TPSA) is 72.7 Å². The molecular formula is C21H23N5O. The highest BCUT2D eigenvalue weighted by molar-refractivity contribution is 6.03. The highest BCUT2D eigenvalue weighted by Crippen LogP contribution is 2.38. The number of benzene rings is 1. The lowest BCUT2D eigenvalue weighted by Crippen LogP contribution is -2.17. The van der Waals surface area contributed by atoms with Gasteiger partial charge in [0.15, 0.2) is 11.6 Å². The van der Waals surface area contributed by atoms with Gasteiger partial charge in [-0.05, 0) is 48.7 Å². The van der Waals surface area contributed by atoms with Gasteiger partial charge in [0.05, 0.1) is 5.92 Å². The monoisotopic (exact) mass is 361 g/mol. The molecule has 0 radical (unpaired) electrons. The second-order valence-electron chi connectivity index (χ2n) is 7.43. The van der Waals surface area contributed by atoms with Crippen LogP contribution >= 0.6 is 0 Å². The Kier molecular flexibility index (Phi) is 4.26. The first kappa shape index (κ1) is 17.4. The summed E-state index contributed by atoms with van der Waals surface area (Å²) < 4.78 is 1.77. The van der Waals surface area contributed by atoms with Gasteiger partial charge in [-0.2, -0.15) is 4.68 Å². The van der Waals surface area contributed by atoms with Crippen LogP contribution in [0.2, 0.25) is 0 Å². The van der Waals surface area contributed by atoms with Crippen molar-refractivity contribution >= 4 is 11.6 Å². The minimum Gasteiger partial charge on any atom is -0.325 e. The van der Waals surface area contributed by atoms with Gasteiger partial charge in [-0.1, -0.05) is 26.0 Å². The van der Waals surface area contributed by atoms with Crippen LogP contribution in [-0.2, 0) is 11.2 Å². The van der Waals surface area contributed by atoms with E-state index in [1.165, 1.54) is 0 Å². The number of nitrogens with one attached hydrogen (secondary N) is 1. The second-order valence-corrected chi connectivity index (χ2v) is 7.43. The minimum atomic E-state index is -0.271. The Morgan fingerprint density at radius 2 is 2.04 bits per heavy atom. The number of nitrogens with zero attached hydrogens (tertiary/aromatic N) is 4. The van der Waals surface area contributed by atoms with Crippen LogP contribution < -0.4 is 5.32 Å². The lowest BCUT2D eigenvalue weighted by molar-refractivity contribution is -0.117. The number of aryl methyl sites for hydroxylation is 2. The summed E-state index contributed by atoms with van der Waals surface area (Å²) in [6.45, 7) is 8.22. The van der Waals surface area contributed by atoms with Crippen LogP contribution in [0.25, 0.3) is 5.82 Å². The van der Waals surface area contributed by atoms with Crippen molar-refractivity contribution in [2.45, 2.75) is 46.0 Å². The van der Waals surface area contributed by atoms with Gasteiger partial charge in [0.2, 0.25) is 5.91 Å². The van der Waals surface area contributed by atoms with E-state index in [1.807, 2.05) is 31.2 Å². The van der Waals surface area contributed by atoms with Crippen molar-refractivity contribution in [3.05, 3.63) is 64.9 Å². The standard InChI is InChI=1S/C21H23N5O/c1-12(2)20-24-18(26(25-20)17-7-5-6-8-22-17)11-15-19-14(4)9-13(3)10-16(19)23-21(15)27/h5-10,12,15H,11H2,1-4H3,(H,23,27)/t15-/m0/s1. The molecule has 1 amide bonds. The first-order valence-corrected chi connectivity index (χ1v) is 9.23. The smallest absolute Gasteiger partial charge is 0.232 e. The number of carbonyl (C=O) groups is 1. The third-order valence-corrected chi connectivity index (χ3v) is 4.91.